The SMILES string of the molecule is O=C1C/C=C\CC[C@@H]2O[C@@H]12. The lowest BCUT2D eigenvalue weighted by Crippen LogP contribution is -2.09. The summed E-state index contributed by atoms with van der Waals surface area (Å²) in [4.78, 5) is 11.0. The van der Waals surface area contributed by atoms with Gasteiger partial charge >= 0.3 is 0 Å². The lowest BCUT2D eigenvalue weighted by atomic mass is 10.1. The van der Waals surface area contributed by atoms with Crippen molar-refractivity contribution in [3.8, 4) is 0 Å². The first-order valence-electron chi connectivity index (χ1n) is 3.71. The molecule has 1 fully saturated rings. The third-order valence-electron chi connectivity index (χ3n) is 2.00. The molecule has 0 aromatic carbocycles. The minimum Gasteiger partial charge on any atom is -0.361 e. The Morgan fingerprint density at radius 2 is 2.40 bits per heavy atom. The zero-order chi connectivity index (χ0) is 6.97. The Bertz CT molecular complexity index is 184. The first-order valence-corrected chi connectivity index (χ1v) is 3.71. The van der Waals surface area contributed by atoms with Crippen LogP contribution in [0, 0.1) is 0 Å². The van der Waals surface area contributed by atoms with Crippen LogP contribution in [0.1, 0.15) is 19.3 Å². The van der Waals surface area contributed by atoms with Gasteiger partial charge in [0, 0.05) is 6.42 Å². The van der Waals surface area contributed by atoms with Gasteiger partial charge in [-0.2, -0.15) is 0 Å². The van der Waals surface area contributed by atoms with Crippen LogP contribution in [0.3, 0.4) is 0 Å². The molecule has 10 heavy (non-hydrogen) atoms. The highest BCUT2D eigenvalue weighted by atomic mass is 16.6. The Labute approximate surface area is 59.9 Å². The molecule has 2 rings (SSSR count). The highest BCUT2D eigenvalue weighted by molar-refractivity contribution is 5.87. The Morgan fingerprint density at radius 1 is 1.50 bits per heavy atom. The molecule has 0 N–H and O–H groups in total. The van der Waals surface area contributed by atoms with E-state index in [2.05, 4.69) is 6.08 Å². The molecular formula is C8H10O2. The van der Waals surface area contributed by atoms with E-state index < -0.39 is 0 Å². The molecule has 0 bridgehead atoms. The Balaban J connectivity index is 2.05. The molecule has 2 nitrogen and oxygen atoms in total. The van der Waals surface area contributed by atoms with Gasteiger partial charge in [0.05, 0.1) is 6.10 Å². The summed E-state index contributed by atoms with van der Waals surface area (Å²) in [7, 11) is 0. The summed E-state index contributed by atoms with van der Waals surface area (Å²) in [6, 6.07) is 0. The lowest BCUT2D eigenvalue weighted by molar-refractivity contribution is -0.119. The van der Waals surface area contributed by atoms with Gasteiger partial charge in [-0.3, -0.25) is 4.79 Å². The number of ketones is 1. The van der Waals surface area contributed by atoms with E-state index in [-0.39, 0.29) is 18.0 Å². The summed E-state index contributed by atoms with van der Waals surface area (Å²) in [5.74, 6) is 0.251. The highest BCUT2D eigenvalue weighted by Gasteiger charge is 2.43. The van der Waals surface area contributed by atoms with Gasteiger partial charge < -0.3 is 4.74 Å². The molecule has 1 aliphatic carbocycles. The topological polar surface area (TPSA) is 29.6 Å². The van der Waals surface area contributed by atoms with Crippen LogP contribution in [0.5, 0.6) is 0 Å². The van der Waals surface area contributed by atoms with E-state index in [0.29, 0.717) is 6.42 Å². The van der Waals surface area contributed by atoms with Crippen molar-refractivity contribution in [2.24, 2.45) is 0 Å². The van der Waals surface area contributed by atoms with Crippen LogP contribution in [0.15, 0.2) is 12.2 Å². The number of carbonyl (C=O) groups excluding carboxylic acids is 1. The van der Waals surface area contributed by atoms with E-state index >= 15 is 0 Å². The van der Waals surface area contributed by atoms with Gasteiger partial charge in [-0.25, -0.2) is 0 Å². The molecule has 0 saturated carbocycles. The summed E-state index contributed by atoms with van der Waals surface area (Å²) in [5, 5.41) is 0. The maximum Gasteiger partial charge on any atom is 0.167 e. The molecule has 2 atom stereocenters. The molecule has 2 aliphatic rings. The monoisotopic (exact) mass is 138 g/mol. The van der Waals surface area contributed by atoms with Gasteiger partial charge in [-0.15, -0.1) is 0 Å². The van der Waals surface area contributed by atoms with Gasteiger partial charge in [-0.1, -0.05) is 12.2 Å². The molecule has 0 unspecified atom stereocenters. The lowest BCUT2D eigenvalue weighted by Gasteiger charge is -1.95. The number of hydrogen-bond acceptors (Lipinski definition) is 2. The second-order valence-corrected chi connectivity index (χ2v) is 2.81. The van der Waals surface area contributed by atoms with Crippen molar-refractivity contribution in [2.75, 3.05) is 0 Å². The zero-order valence-corrected chi connectivity index (χ0v) is 5.75. The van der Waals surface area contributed by atoms with E-state index in [1.54, 1.807) is 0 Å². The molecule has 0 aromatic rings. The van der Waals surface area contributed by atoms with E-state index in [4.69, 9.17) is 4.74 Å². The normalized spacial score (nSPS) is 41.4. The van der Waals surface area contributed by atoms with Crippen LogP contribution in [0.25, 0.3) is 0 Å². The summed E-state index contributed by atoms with van der Waals surface area (Å²) >= 11 is 0. The number of carbonyl (C=O) groups is 1. The Hall–Kier alpha value is -0.630. The van der Waals surface area contributed by atoms with Crippen molar-refractivity contribution in [1.29, 1.82) is 0 Å². The number of Topliss-reactive ketones (excluding diaryl/α,β-unsaturated/α-hetero) is 1. The zero-order valence-electron chi connectivity index (χ0n) is 5.75. The molecule has 0 aromatic heterocycles. The number of hydrogen-bond donors (Lipinski definition) is 0. The second-order valence-electron chi connectivity index (χ2n) is 2.81. The number of fused-ring (bicyclic) bond motifs is 1. The average molecular weight is 138 g/mol. The molecule has 54 valence electrons. The quantitative estimate of drug-likeness (QED) is 0.370. The second kappa shape index (κ2) is 2.20. The van der Waals surface area contributed by atoms with Crippen molar-refractivity contribution in [2.45, 2.75) is 31.5 Å². The van der Waals surface area contributed by atoms with Crippen molar-refractivity contribution < 1.29 is 9.53 Å². The van der Waals surface area contributed by atoms with Crippen LogP contribution in [-0.2, 0) is 9.53 Å². The molecule has 1 aliphatic heterocycles. The van der Waals surface area contributed by atoms with Gasteiger partial charge in [-0.05, 0) is 12.8 Å². The van der Waals surface area contributed by atoms with E-state index in [1.807, 2.05) is 6.08 Å². The molecule has 0 amide bonds. The fraction of sp³-hybridized carbons (Fsp3) is 0.625. The third-order valence-corrected chi connectivity index (χ3v) is 2.00. The maximum atomic E-state index is 11.0. The molecule has 1 saturated heterocycles. The number of allylic oxidation sites excluding steroid dienone is 2. The Kier molecular flexibility index (Phi) is 1.34. The molecule has 1 heterocycles. The summed E-state index contributed by atoms with van der Waals surface area (Å²) in [6.07, 6.45) is 6.89. The molecule has 0 spiro atoms. The first-order chi connectivity index (χ1) is 4.88. The van der Waals surface area contributed by atoms with Crippen LogP contribution in [0.4, 0.5) is 0 Å². The largest absolute Gasteiger partial charge is 0.361 e. The maximum absolute atomic E-state index is 11.0. The van der Waals surface area contributed by atoms with Gasteiger partial charge in [0.1, 0.15) is 6.10 Å². The smallest absolute Gasteiger partial charge is 0.167 e. The molecular weight excluding hydrogens is 128 g/mol. The summed E-state index contributed by atoms with van der Waals surface area (Å²) in [5.41, 5.74) is 0. The van der Waals surface area contributed by atoms with Crippen molar-refractivity contribution >= 4 is 5.78 Å². The van der Waals surface area contributed by atoms with E-state index in [0.717, 1.165) is 12.8 Å². The fourth-order valence-corrected chi connectivity index (χ4v) is 1.34. The average Bonchev–Trinajstić information content (AvgIpc) is 2.62. The Morgan fingerprint density at radius 3 is 3.30 bits per heavy atom. The van der Waals surface area contributed by atoms with Crippen molar-refractivity contribution in [1.82, 2.24) is 0 Å². The summed E-state index contributed by atoms with van der Waals surface area (Å²) < 4.78 is 5.16. The van der Waals surface area contributed by atoms with Crippen molar-refractivity contribution in [3.05, 3.63) is 12.2 Å². The number of epoxide rings is 1. The number of ether oxygens (including phenoxy) is 1. The molecule has 2 heteroatoms. The van der Waals surface area contributed by atoms with Crippen LogP contribution in [-0.4, -0.2) is 18.0 Å². The molecule has 0 radical (unpaired) electrons. The van der Waals surface area contributed by atoms with Crippen LogP contribution >= 0.6 is 0 Å². The highest BCUT2D eigenvalue weighted by Crippen LogP contribution is 2.29. The minimum absolute atomic E-state index is 0.0371. The summed E-state index contributed by atoms with van der Waals surface area (Å²) in [6.45, 7) is 0. The van der Waals surface area contributed by atoms with Gasteiger partial charge in [0.25, 0.3) is 0 Å². The number of rotatable bonds is 0. The predicted molar refractivity (Wildman–Crippen MR) is 36.7 cm³/mol. The van der Waals surface area contributed by atoms with Gasteiger partial charge in [0.2, 0.25) is 0 Å². The first kappa shape index (κ1) is 6.10. The predicted octanol–water partition coefficient (Wildman–Crippen LogP) is 1.06. The standard InChI is InChI=1S/C8H10O2/c9-6-4-2-1-3-5-7-8(6)10-7/h1-2,7-8H,3-5H2/b2-1-/t7-,8-/m0/s1. The van der Waals surface area contributed by atoms with E-state index in [1.165, 1.54) is 0 Å². The van der Waals surface area contributed by atoms with Crippen LogP contribution in [0.2, 0.25) is 0 Å². The fourth-order valence-electron chi connectivity index (χ4n) is 1.34. The third kappa shape index (κ3) is 0.991. The van der Waals surface area contributed by atoms with Crippen molar-refractivity contribution in [3.63, 3.8) is 0 Å². The van der Waals surface area contributed by atoms with Crippen LogP contribution < -0.4 is 0 Å². The minimum atomic E-state index is -0.0371. The van der Waals surface area contributed by atoms with Gasteiger partial charge in [0.15, 0.2) is 5.78 Å². The van der Waals surface area contributed by atoms with E-state index in [9.17, 15) is 4.79 Å².